The number of aromatic nitrogens is 6. The molecule has 0 aliphatic rings. The summed E-state index contributed by atoms with van der Waals surface area (Å²) < 4.78 is 47.4. The summed E-state index contributed by atoms with van der Waals surface area (Å²) in [5.74, 6) is -1.53. The molecule has 0 aliphatic heterocycles. The highest BCUT2D eigenvalue weighted by Crippen LogP contribution is 2.34. The number of nitrogen functional groups attached to an aromatic ring is 1. The molecule has 0 aliphatic carbocycles. The summed E-state index contributed by atoms with van der Waals surface area (Å²) in [7, 11) is 1.56. The zero-order chi connectivity index (χ0) is 24.9. The maximum atomic E-state index is 13.2. The average Bonchev–Trinajstić information content (AvgIpc) is 3.42. The molecule has 1 aromatic carbocycles. The molecule has 0 fully saturated rings. The van der Waals surface area contributed by atoms with Crippen LogP contribution in [0.4, 0.5) is 19.1 Å². The molecular formula is C22H16F3N7O3. The van der Waals surface area contributed by atoms with E-state index < -0.39 is 29.9 Å². The number of nitrogens with zero attached hydrogens (tertiary/aromatic N) is 6. The van der Waals surface area contributed by atoms with Gasteiger partial charge < -0.3 is 14.7 Å². The zero-order valence-corrected chi connectivity index (χ0v) is 18.0. The molecule has 0 spiro atoms. The second-order valence-electron chi connectivity index (χ2n) is 7.65. The Hall–Kier alpha value is -4.68. The van der Waals surface area contributed by atoms with Crippen molar-refractivity contribution >= 4 is 11.6 Å². The summed E-state index contributed by atoms with van der Waals surface area (Å²) in [4.78, 5) is 33.1. The lowest BCUT2D eigenvalue weighted by molar-refractivity contribution is -0.153. The number of aryl methyl sites for hydroxylation is 1. The van der Waals surface area contributed by atoms with Gasteiger partial charge in [-0.1, -0.05) is 30.3 Å². The van der Waals surface area contributed by atoms with Gasteiger partial charge in [-0.3, -0.25) is 4.79 Å². The third-order valence-corrected chi connectivity index (χ3v) is 5.38. The second-order valence-corrected chi connectivity index (χ2v) is 7.65. The number of alkyl halides is 3. The van der Waals surface area contributed by atoms with Gasteiger partial charge in [0.15, 0.2) is 12.0 Å². The van der Waals surface area contributed by atoms with E-state index in [0.29, 0.717) is 28.8 Å². The van der Waals surface area contributed by atoms with Crippen LogP contribution in [-0.2, 0) is 19.8 Å². The van der Waals surface area contributed by atoms with Gasteiger partial charge in [0.25, 0.3) is 0 Å². The number of fused-ring (bicyclic) bond motifs is 1. The van der Waals surface area contributed by atoms with Crippen molar-refractivity contribution in [1.82, 2.24) is 28.7 Å². The van der Waals surface area contributed by atoms with E-state index in [1.54, 1.807) is 43.6 Å². The Labute approximate surface area is 193 Å². The first-order chi connectivity index (χ1) is 16.6. The minimum absolute atomic E-state index is 0.0528. The molecule has 2 N–H and O–H groups in total. The lowest BCUT2D eigenvalue weighted by Gasteiger charge is -2.12. The van der Waals surface area contributed by atoms with Crippen LogP contribution < -0.4 is 17.0 Å². The van der Waals surface area contributed by atoms with Gasteiger partial charge in [0.1, 0.15) is 5.69 Å². The van der Waals surface area contributed by atoms with Gasteiger partial charge in [0, 0.05) is 30.4 Å². The first-order valence-electron chi connectivity index (χ1n) is 10.2. The SMILES string of the molecule is Cn1cc(-c2c(-c3ccccc3)nc(N)n3c(=O)n(Cc4ncoc4C(F)(F)F)nc23)ccc1=O. The van der Waals surface area contributed by atoms with Gasteiger partial charge >= 0.3 is 11.9 Å². The van der Waals surface area contributed by atoms with Crippen molar-refractivity contribution in [2.45, 2.75) is 12.7 Å². The highest BCUT2D eigenvalue weighted by atomic mass is 19.4. The smallest absolute Gasteiger partial charge is 0.439 e. The molecule has 10 nitrogen and oxygen atoms in total. The number of halogens is 3. The topological polar surface area (TPSA) is 126 Å². The molecule has 13 heteroatoms. The van der Waals surface area contributed by atoms with Crippen LogP contribution in [0.25, 0.3) is 28.0 Å². The number of hydrogen-bond acceptors (Lipinski definition) is 7. The van der Waals surface area contributed by atoms with Crippen molar-refractivity contribution in [3.05, 3.63) is 87.3 Å². The van der Waals surface area contributed by atoms with Crippen LogP contribution >= 0.6 is 0 Å². The Morgan fingerprint density at radius 2 is 1.80 bits per heavy atom. The predicted molar refractivity (Wildman–Crippen MR) is 118 cm³/mol. The molecule has 178 valence electrons. The molecule has 0 bridgehead atoms. The highest BCUT2D eigenvalue weighted by molar-refractivity contribution is 5.90. The molecular weight excluding hydrogens is 467 g/mol. The summed E-state index contributed by atoms with van der Waals surface area (Å²) in [5, 5.41) is 4.30. The van der Waals surface area contributed by atoms with E-state index >= 15 is 0 Å². The monoisotopic (exact) mass is 483 g/mol. The Morgan fingerprint density at radius 1 is 1.06 bits per heavy atom. The van der Waals surface area contributed by atoms with Crippen LogP contribution in [0.5, 0.6) is 0 Å². The van der Waals surface area contributed by atoms with Gasteiger partial charge in [-0.25, -0.2) is 23.8 Å². The average molecular weight is 483 g/mol. The number of nitrogens with two attached hydrogens (primary N) is 1. The summed E-state index contributed by atoms with van der Waals surface area (Å²) in [6.45, 7) is -0.612. The van der Waals surface area contributed by atoms with E-state index in [2.05, 4.69) is 19.5 Å². The van der Waals surface area contributed by atoms with Crippen molar-refractivity contribution in [3.63, 3.8) is 0 Å². The first-order valence-corrected chi connectivity index (χ1v) is 10.2. The Morgan fingerprint density at radius 3 is 2.49 bits per heavy atom. The van der Waals surface area contributed by atoms with E-state index in [0.717, 1.165) is 9.08 Å². The van der Waals surface area contributed by atoms with E-state index in [1.807, 2.05) is 6.07 Å². The number of oxazole rings is 1. The summed E-state index contributed by atoms with van der Waals surface area (Å²) >= 11 is 0. The molecule has 0 unspecified atom stereocenters. The predicted octanol–water partition coefficient (Wildman–Crippen LogP) is 2.56. The Balaban J connectivity index is 1.79. The highest BCUT2D eigenvalue weighted by Gasteiger charge is 2.38. The summed E-state index contributed by atoms with van der Waals surface area (Å²) in [6.07, 6.45) is -2.60. The van der Waals surface area contributed by atoms with Crippen LogP contribution in [0.2, 0.25) is 0 Å². The van der Waals surface area contributed by atoms with Gasteiger partial charge in [-0.05, 0) is 6.07 Å². The largest absolute Gasteiger partial charge is 0.451 e. The maximum Gasteiger partial charge on any atom is 0.451 e. The number of anilines is 1. The zero-order valence-electron chi connectivity index (χ0n) is 18.0. The molecule has 35 heavy (non-hydrogen) atoms. The summed E-state index contributed by atoms with van der Waals surface area (Å²) in [6, 6.07) is 11.8. The van der Waals surface area contributed by atoms with Crippen LogP contribution in [0.3, 0.4) is 0 Å². The van der Waals surface area contributed by atoms with Crippen LogP contribution in [0.1, 0.15) is 11.5 Å². The number of hydrogen-bond donors (Lipinski definition) is 1. The third-order valence-electron chi connectivity index (χ3n) is 5.38. The van der Waals surface area contributed by atoms with E-state index in [4.69, 9.17) is 5.73 Å². The molecule has 5 rings (SSSR count). The molecule has 4 aromatic heterocycles. The fourth-order valence-corrected chi connectivity index (χ4v) is 3.77. The van der Waals surface area contributed by atoms with Crippen LogP contribution in [-0.4, -0.2) is 28.7 Å². The molecule has 0 radical (unpaired) electrons. The van der Waals surface area contributed by atoms with Crippen molar-refractivity contribution in [2.24, 2.45) is 7.05 Å². The lowest BCUT2D eigenvalue weighted by Crippen LogP contribution is -2.24. The second kappa shape index (κ2) is 7.97. The molecule has 0 saturated carbocycles. The summed E-state index contributed by atoms with van der Waals surface area (Å²) in [5.41, 5.74) is 6.48. The standard InChI is InChI=1S/C22H16F3N7O3/c1-30-9-13(7-8-15(30)33)16-17(12-5-3-2-4-6-12)28-20(26)32-19(16)29-31(21(32)34)10-14-18(22(23,24)25)35-11-27-14/h2-9,11H,10H2,1H3,(H2,26,28). The Kier molecular flexibility index (Phi) is 5.04. The Bertz CT molecular complexity index is 1680. The first kappa shape index (κ1) is 22.1. The molecule has 5 aromatic rings. The molecule has 4 heterocycles. The minimum Gasteiger partial charge on any atom is -0.439 e. The van der Waals surface area contributed by atoms with Crippen molar-refractivity contribution in [3.8, 4) is 22.4 Å². The van der Waals surface area contributed by atoms with Gasteiger partial charge in [0.2, 0.25) is 17.3 Å². The quantitative estimate of drug-likeness (QED) is 0.416. The van der Waals surface area contributed by atoms with Crippen molar-refractivity contribution in [2.75, 3.05) is 5.73 Å². The van der Waals surface area contributed by atoms with Crippen LogP contribution in [0, 0.1) is 0 Å². The van der Waals surface area contributed by atoms with E-state index in [9.17, 15) is 22.8 Å². The van der Waals surface area contributed by atoms with Gasteiger partial charge in [-0.2, -0.15) is 13.2 Å². The normalized spacial score (nSPS) is 11.9. The number of rotatable bonds is 4. The molecule has 0 atom stereocenters. The number of benzene rings is 1. The van der Waals surface area contributed by atoms with E-state index in [-0.39, 0.29) is 17.2 Å². The fraction of sp³-hybridized carbons (Fsp3) is 0.136. The van der Waals surface area contributed by atoms with Gasteiger partial charge in [-0.15, -0.1) is 5.10 Å². The fourth-order valence-electron chi connectivity index (χ4n) is 3.77. The van der Waals surface area contributed by atoms with Gasteiger partial charge in [0.05, 0.1) is 17.8 Å². The third kappa shape index (κ3) is 3.76. The van der Waals surface area contributed by atoms with Crippen molar-refractivity contribution < 1.29 is 17.6 Å². The van der Waals surface area contributed by atoms with E-state index in [1.165, 1.54) is 10.6 Å². The lowest BCUT2D eigenvalue weighted by atomic mass is 10.0. The molecule has 0 saturated heterocycles. The maximum absolute atomic E-state index is 13.2. The minimum atomic E-state index is -4.80. The van der Waals surface area contributed by atoms with Crippen molar-refractivity contribution in [1.29, 1.82) is 0 Å². The molecule has 0 amide bonds. The van der Waals surface area contributed by atoms with Crippen LogP contribution in [0.15, 0.2) is 69.1 Å². The number of pyridine rings is 1.